The van der Waals surface area contributed by atoms with E-state index in [4.69, 9.17) is 0 Å². The van der Waals surface area contributed by atoms with Crippen LogP contribution in [-0.4, -0.2) is 46.4 Å². The van der Waals surface area contributed by atoms with E-state index in [2.05, 4.69) is 25.6 Å². The van der Waals surface area contributed by atoms with E-state index >= 15 is 0 Å². The summed E-state index contributed by atoms with van der Waals surface area (Å²) in [5, 5.41) is 13.9. The maximum absolute atomic E-state index is 14.7. The minimum Gasteiger partial charge on any atom is -0.338 e. The zero-order chi connectivity index (χ0) is 25.1. The van der Waals surface area contributed by atoms with Gasteiger partial charge in [0.2, 0.25) is 5.82 Å². The smallest absolute Gasteiger partial charge is 0.338 e. The second-order valence-electron chi connectivity index (χ2n) is 8.30. The van der Waals surface area contributed by atoms with Crippen LogP contribution in [0.1, 0.15) is 11.4 Å². The summed E-state index contributed by atoms with van der Waals surface area (Å²) in [6, 6.07) is 4.93. The number of pyridine rings is 1. The first kappa shape index (κ1) is 22.9. The molecule has 4 aromatic heterocycles. The van der Waals surface area contributed by atoms with Crippen LogP contribution >= 0.6 is 0 Å². The monoisotopic (exact) mass is 496 g/mol. The number of aryl methyl sites for hydroxylation is 2. The third-order valence-corrected chi connectivity index (χ3v) is 5.73. The van der Waals surface area contributed by atoms with E-state index in [0.717, 1.165) is 5.56 Å². The average molecular weight is 496 g/mol. The lowest BCUT2D eigenvalue weighted by Gasteiger charge is -2.19. The number of nitrogens with one attached hydrogen (secondary N) is 1. The zero-order valence-electron chi connectivity index (χ0n) is 18.4. The molecule has 184 valence electrons. The van der Waals surface area contributed by atoms with Crippen LogP contribution in [0.25, 0.3) is 22.6 Å². The molecule has 1 N–H and O–H groups in total. The lowest BCUT2D eigenvalue weighted by molar-refractivity contribution is -0.144. The molecule has 0 unspecified atom stereocenters. The molecule has 0 amide bonds. The van der Waals surface area contributed by atoms with Crippen LogP contribution < -0.4 is 5.32 Å². The summed E-state index contributed by atoms with van der Waals surface area (Å²) in [5.41, 5.74) is 1.90. The molecular weight excluding hydrogens is 478 g/mol. The highest BCUT2D eigenvalue weighted by Gasteiger charge is 2.50. The largest absolute Gasteiger partial charge is 0.365 e. The van der Waals surface area contributed by atoms with E-state index in [0.29, 0.717) is 27.3 Å². The molecule has 1 aliphatic heterocycles. The highest BCUT2D eigenvalue weighted by atomic mass is 19.3. The Morgan fingerprint density at radius 3 is 2.60 bits per heavy atom. The van der Waals surface area contributed by atoms with Crippen molar-refractivity contribution < 1.29 is 26.3 Å². The van der Waals surface area contributed by atoms with Crippen molar-refractivity contribution in [3.05, 3.63) is 48.2 Å². The van der Waals surface area contributed by atoms with Crippen molar-refractivity contribution in [2.45, 2.75) is 38.3 Å². The van der Waals surface area contributed by atoms with Gasteiger partial charge in [-0.15, -0.1) is 10.2 Å². The fourth-order valence-corrected chi connectivity index (χ4v) is 4.02. The first-order valence-corrected chi connectivity index (χ1v) is 10.4. The number of halogens is 6. The Morgan fingerprint density at radius 2 is 1.91 bits per heavy atom. The molecule has 0 radical (unpaired) electrons. The Hall–Kier alpha value is -3.84. The second kappa shape index (κ2) is 7.85. The molecule has 0 saturated carbocycles. The van der Waals surface area contributed by atoms with Gasteiger partial charge in [0.05, 0.1) is 25.0 Å². The Morgan fingerprint density at radius 1 is 1.14 bits per heavy atom. The summed E-state index contributed by atoms with van der Waals surface area (Å²) >= 11 is 0. The van der Waals surface area contributed by atoms with E-state index in [9.17, 15) is 26.3 Å². The summed E-state index contributed by atoms with van der Waals surface area (Å²) in [4.78, 5) is 4.32. The summed E-state index contributed by atoms with van der Waals surface area (Å²) < 4.78 is 86.6. The third-order valence-electron chi connectivity index (χ3n) is 5.73. The van der Waals surface area contributed by atoms with Gasteiger partial charge in [0.25, 0.3) is 5.92 Å². The van der Waals surface area contributed by atoms with Gasteiger partial charge in [-0.1, -0.05) is 0 Å². The molecule has 0 fully saturated rings. The fourth-order valence-electron chi connectivity index (χ4n) is 4.02. The maximum Gasteiger partial charge on any atom is 0.365 e. The van der Waals surface area contributed by atoms with E-state index in [1.165, 1.54) is 16.8 Å². The first-order chi connectivity index (χ1) is 16.5. The number of aromatic nitrogens is 7. The first-order valence-electron chi connectivity index (χ1n) is 10.4. The van der Waals surface area contributed by atoms with Crippen LogP contribution in [0.4, 0.5) is 38.0 Å². The van der Waals surface area contributed by atoms with Crippen LogP contribution in [0.5, 0.6) is 0 Å². The Kier molecular flexibility index (Phi) is 5.14. The number of hydrogen-bond donors (Lipinski definition) is 1. The molecule has 5 heterocycles. The van der Waals surface area contributed by atoms with Gasteiger partial charge in [-0.3, -0.25) is 9.25 Å². The molecule has 4 aromatic rings. The predicted molar refractivity (Wildman–Crippen MR) is 113 cm³/mol. The molecular formula is C21H18F6N8. The van der Waals surface area contributed by atoms with Crippen molar-refractivity contribution >= 4 is 11.6 Å². The van der Waals surface area contributed by atoms with Crippen LogP contribution in [-0.2, 0) is 26.1 Å². The van der Waals surface area contributed by atoms with Crippen LogP contribution in [0.2, 0.25) is 0 Å². The van der Waals surface area contributed by atoms with Crippen molar-refractivity contribution in [2.75, 3.05) is 5.32 Å². The van der Waals surface area contributed by atoms with E-state index in [1.54, 1.807) is 43.2 Å². The van der Waals surface area contributed by atoms with Gasteiger partial charge in [-0.25, -0.2) is 22.5 Å². The van der Waals surface area contributed by atoms with E-state index < -0.39 is 37.2 Å². The fraction of sp³-hybridized carbons (Fsp3) is 0.333. The molecule has 0 saturated heterocycles. The normalized spacial score (nSPS) is 15.1. The molecule has 0 aliphatic carbocycles. The molecule has 14 heteroatoms. The van der Waals surface area contributed by atoms with Crippen molar-refractivity contribution in [1.82, 2.24) is 34.1 Å². The molecule has 5 rings (SSSR count). The van der Waals surface area contributed by atoms with Gasteiger partial charge >= 0.3 is 12.3 Å². The summed E-state index contributed by atoms with van der Waals surface area (Å²) in [7, 11) is 1.74. The Balaban J connectivity index is 1.60. The highest BCUT2D eigenvalue weighted by molar-refractivity contribution is 5.74. The standard InChI is InChI=1S/C21H18F6N8/c1-11-7-28-15(30-16-3-4-29-33(16)2)6-13(11)12-5-14-17-31-32-19(21(26,27)18(22)23)35(17)10-20(24,25)9-34(14)8-12/h3-8,18H,9-10H2,1-2H3,(H,28,30). The number of nitrogens with zero attached hydrogens (tertiary/aromatic N) is 7. The summed E-state index contributed by atoms with van der Waals surface area (Å²) in [6.07, 6.45) is 0.508. The predicted octanol–water partition coefficient (Wildman–Crippen LogP) is 4.60. The molecule has 1 aliphatic rings. The minimum atomic E-state index is -4.74. The number of hydrogen-bond acceptors (Lipinski definition) is 5. The van der Waals surface area contributed by atoms with Gasteiger partial charge in [-0.05, 0) is 30.2 Å². The maximum atomic E-state index is 14.7. The quantitative estimate of drug-likeness (QED) is 0.409. The topological polar surface area (TPSA) is 78.4 Å². The Labute approximate surface area is 194 Å². The van der Waals surface area contributed by atoms with Crippen LogP contribution in [0.3, 0.4) is 0 Å². The molecule has 0 aromatic carbocycles. The SMILES string of the molecule is Cc1cnc(Nc2ccnn2C)cc1-c1cc2n(c1)CC(F)(F)Cn1c-2nnc1C(F)(F)C(F)F. The Bertz CT molecular complexity index is 1400. The van der Waals surface area contributed by atoms with Crippen LogP contribution in [0, 0.1) is 6.92 Å². The minimum absolute atomic E-state index is 0.0540. The average Bonchev–Trinajstić information content (AvgIpc) is 3.46. The summed E-state index contributed by atoms with van der Waals surface area (Å²) in [6.45, 7) is -0.329. The lowest BCUT2D eigenvalue weighted by atomic mass is 10.1. The number of anilines is 2. The van der Waals surface area contributed by atoms with E-state index in [1.807, 2.05) is 0 Å². The van der Waals surface area contributed by atoms with Gasteiger partial charge in [-0.2, -0.15) is 13.9 Å². The van der Waals surface area contributed by atoms with Gasteiger partial charge in [0, 0.05) is 31.1 Å². The van der Waals surface area contributed by atoms with Crippen molar-refractivity contribution in [1.29, 1.82) is 0 Å². The lowest BCUT2D eigenvalue weighted by Crippen LogP contribution is -2.33. The number of alkyl halides is 6. The van der Waals surface area contributed by atoms with Crippen molar-refractivity contribution in [3.8, 4) is 22.6 Å². The molecule has 0 atom stereocenters. The van der Waals surface area contributed by atoms with Crippen molar-refractivity contribution in [3.63, 3.8) is 0 Å². The van der Waals surface area contributed by atoms with Gasteiger partial charge in [0.1, 0.15) is 11.6 Å². The highest BCUT2D eigenvalue weighted by Crippen LogP contribution is 2.40. The van der Waals surface area contributed by atoms with Gasteiger partial charge in [0.15, 0.2) is 5.82 Å². The molecule has 35 heavy (non-hydrogen) atoms. The van der Waals surface area contributed by atoms with Gasteiger partial charge < -0.3 is 9.88 Å². The van der Waals surface area contributed by atoms with Crippen LogP contribution in [0.15, 0.2) is 36.8 Å². The molecule has 0 bridgehead atoms. The second-order valence-corrected chi connectivity index (χ2v) is 8.30. The number of fused-ring (bicyclic) bond motifs is 3. The van der Waals surface area contributed by atoms with Crippen molar-refractivity contribution in [2.24, 2.45) is 7.05 Å². The van der Waals surface area contributed by atoms with E-state index in [-0.39, 0.29) is 11.5 Å². The summed E-state index contributed by atoms with van der Waals surface area (Å²) in [5.74, 6) is -8.97. The number of rotatable bonds is 5. The molecule has 0 spiro atoms. The third kappa shape index (κ3) is 3.91. The molecule has 8 nitrogen and oxygen atoms in total. The zero-order valence-corrected chi connectivity index (χ0v) is 18.4.